The maximum absolute atomic E-state index is 11.5. The van der Waals surface area contributed by atoms with Crippen LogP contribution in [0.3, 0.4) is 0 Å². The number of hydrogen-bond donors (Lipinski definition) is 0. The predicted octanol–water partition coefficient (Wildman–Crippen LogP) is 33.4. The second kappa shape index (κ2) is 36.0. The molecule has 10 nitrogen and oxygen atoms in total. The number of hydrogen-bond acceptors (Lipinski definition) is 10. The summed E-state index contributed by atoms with van der Waals surface area (Å²) in [6, 6.07) is 42.3. The van der Waals surface area contributed by atoms with E-state index in [-0.39, 0.29) is 0 Å². The van der Waals surface area contributed by atoms with Gasteiger partial charge in [-0.2, -0.15) is 0 Å². The molecule has 3 heterocycles. The van der Waals surface area contributed by atoms with Crippen LogP contribution in [0.2, 0.25) is 0 Å². The Kier molecular flexibility index (Phi) is 29.2. The van der Waals surface area contributed by atoms with Crippen molar-refractivity contribution < 1.29 is 43.5 Å². The third kappa shape index (κ3) is 18.9. The first-order valence-corrected chi connectivity index (χ1v) is 60.0. The average molecular weight is 2040 g/mol. The van der Waals surface area contributed by atoms with Gasteiger partial charge < -0.3 is 0 Å². The van der Waals surface area contributed by atoms with Gasteiger partial charge in [-0.25, -0.2) is 0 Å². The van der Waals surface area contributed by atoms with E-state index < -0.39 is 132 Å². The Morgan fingerprint density at radius 2 is 0.221 bits per heavy atom. The molecule has 3 aliphatic rings. The summed E-state index contributed by atoms with van der Waals surface area (Å²) in [6.45, 7) is 115. The average Bonchev–Trinajstić information content (AvgIpc) is 1.41. The maximum atomic E-state index is 11.5. The van der Waals surface area contributed by atoms with Gasteiger partial charge in [-0.15, -0.1) is 0 Å². The summed E-state index contributed by atoms with van der Waals surface area (Å²) < 4.78 is 75.7. The Hall–Kier alpha value is -6.83. The van der Waals surface area contributed by atoms with Gasteiger partial charge in [0.2, 0.25) is 0 Å². The van der Waals surface area contributed by atoms with Gasteiger partial charge >= 0.3 is 866 Å². The van der Waals surface area contributed by atoms with Gasteiger partial charge in [-0.3, -0.25) is 0 Å². The van der Waals surface area contributed by atoms with Crippen molar-refractivity contribution in [2.75, 3.05) is 56.9 Å². The van der Waals surface area contributed by atoms with Crippen LogP contribution in [-0.2, 0) is 109 Å². The first-order chi connectivity index (χ1) is 63.1. The van der Waals surface area contributed by atoms with Crippen molar-refractivity contribution in [3.63, 3.8) is 0 Å². The van der Waals surface area contributed by atoms with Gasteiger partial charge in [0.25, 0.3) is 0 Å². The van der Waals surface area contributed by atoms with Crippen LogP contribution in [0.15, 0.2) is 97.1 Å². The number of methoxy groups -OCH3 is 8. The zero-order valence-electron chi connectivity index (χ0n) is 99.1. The van der Waals surface area contributed by atoms with Crippen molar-refractivity contribution in [3.05, 3.63) is 231 Å². The summed E-state index contributed by atoms with van der Waals surface area (Å²) in [5.41, 5.74) is 19.3. The molecule has 0 unspecified atom stereocenters. The van der Waals surface area contributed by atoms with Crippen molar-refractivity contribution >= 4 is 27.9 Å². The molecule has 3 saturated heterocycles. The van der Waals surface area contributed by atoms with Crippen molar-refractivity contribution in [2.45, 2.75) is 462 Å². The van der Waals surface area contributed by atoms with E-state index in [1.807, 2.05) is 56.9 Å². The quantitative estimate of drug-likeness (QED) is 0.0871. The van der Waals surface area contributed by atoms with Crippen LogP contribution in [0.4, 0.5) is 0 Å². The molecule has 3 fully saturated rings. The van der Waals surface area contributed by atoms with Crippen LogP contribution >= 0.6 is 0 Å². The zero-order valence-corrected chi connectivity index (χ0v) is 103. The Morgan fingerprint density at radius 1 is 0.150 bits per heavy atom. The second-order valence-electron chi connectivity index (χ2n) is 58.9. The molecule has 0 bridgehead atoms. The monoisotopic (exact) mass is 2040 g/mol. The molecule has 8 aromatic carbocycles. The topological polar surface area (TPSA) is 92.3 Å². The molecule has 772 valence electrons. The fourth-order valence-electron chi connectivity index (χ4n) is 24.3. The van der Waals surface area contributed by atoms with E-state index in [1.54, 1.807) is 0 Å². The van der Waals surface area contributed by atoms with E-state index in [4.69, 9.17) is 37.9 Å². The van der Waals surface area contributed by atoms with Crippen LogP contribution in [0.5, 0.6) is 46.0 Å². The van der Waals surface area contributed by atoms with Gasteiger partial charge in [0.1, 0.15) is 0 Å². The molecule has 0 aliphatic carbocycles. The molecule has 2 spiro atoms. The van der Waals surface area contributed by atoms with E-state index >= 15 is 0 Å². The molecule has 8 aromatic rings. The van der Waals surface area contributed by atoms with Crippen LogP contribution in [0.25, 0.3) is 0 Å². The summed E-state index contributed by atoms with van der Waals surface area (Å²) in [4.78, 5) is 0. The molecule has 140 heavy (non-hydrogen) atoms. The SMILES string of the molecule is COc1c(C(C)(C)C)cc([C]2(c3cc(C(C)(C)C)c(OC)c(C(C)(C)C)c3)CC[C](c3cc(C(C)(C)C)c(OC)c(C(C)(C)C)c3)(c3cc(C(C)(C)C)c(OC)c(C(C)(C)C)c3)[Ge]23[O][Ge]2([O]3)[C](c3cc(C(C)(C)C)c(OC)c(C(C)(C)C)c3)(c3cc(C(C)(C)C)c(OC)c(C(C)(C)C)c3)CC[C]2(c2cc(C(C)(C)C)c(OC)c(C(C)(C)C)c2)c2cc(C(C)(C)C)c(OC)c(C(C)(C)C)c2)cc1C(C)(C)C. The van der Waals surface area contributed by atoms with Gasteiger partial charge in [-0.05, 0) is 0 Å². The molecule has 11 rings (SSSR count). The van der Waals surface area contributed by atoms with E-state index in [0.717, 1.165) is 135 Å². The first kappa shape index (κ1) is 113. The normalized spacial score (nSPS) is 17.3. The molecule has 0 atom stereocenters. The minimum absolute atomic E-state index is 0.498. The molecule has 0 radical (unpaired) electrons. The Bertz CT molecular complexity index is 4670. The number of rotatable bonds is 16. The van der Waals surface area contributed by atoms with Crippen LogP contribution in [0, 0.1) is 0 Å². The molecule has 0 N–H and O–H groups in total. The molecule has 3 aliphatic heterocycles. The van der Waals surface area contributed by atoms with E-state index in [9.17, 15) is 5.58 Å². The number of ether oxygens (including phenoxy) is 8. The number of benzene rings is 8. The summed E-state index contributed by atoms with van der Waals surface area (Å²) in [6.07, 6.45) is 2.33. The zero-order chi connectivity index (χ0) is 107. The Balaban J connectivity index is 1.77. The Morgan fingerprint density at radius 3 is 0.279 bits per heavy atom. The standard InChI is InChI=1S/C128H192Ge2O10/c1-109(2,3)85-61-77(62-86(101(85)131-49)110(4,5)6)125(78-63-87(111(7,8)9)102(132-50)88(64-78)112(10,11)12)57-58-126(79-65-89(113(13,14)15)103(133-51)90(66-79)114(16,17)18,80-67-91(115(19,20)21)104(134-52)92(68-80)116(22,23)24)129(125)139-130(140-129)127(81-69-93(117(25,26)27)105(135-53)94(70-81)118(28,29)30,82-71-95(119(31,32)33)106(136-54)96(72-82)120(34,35)36)59-60-128(130,83-73-97(121(37,38)39)107(137-55)98(74-83)122(40,41)42)84-75-99(123(43,44)45)108(138-56)100(76-84)124(46,47)48/h61-76H,57-60H2,1-56H3. The summed E-state index contributed by atoms with van der Waals surface area (Å²) in [7, 11) is 15.2. The molecular weight excluding hydrogens is 1840 g/mol. The predicted molar refractivity (Wildman–Crippen MR) is 598 cm³/mol. The van der Waals surface area contributed by atoms with Gasteiger partial charge in [0.05, 0.1) is 0 Å². The van der Waals surface area contributed by atoms with E-state index in [2.05, 4.69) is 429 Å². The van der Waals surface area contributed by atoms with Crippen molar-refractivity contribution in [3.8, 4) is 46.0 Å². The van der Waals surface area contributed by atoms with Gasteiger partial charge in [0.15, 0.2) is 0 Å². The fourth-order valence-corrected chi connectivity index (χ4v) is 68.8. The first-order valence-electron chi connectivity index (χ1n) is 52.4. The Labute approximate surface area is 860 Å². The van der Waals surface area contributed by atoms with Crippen LogP contribution in [0.1, 0.15) is 492 Å². The van der Waals surface area contributed by atoms with Crippen molar-refractivity contribution in [1.29, 1.82) is 0 Å². The van der Waals surface area contributed by atoms with Crippen molar-refractivity contribution in [1.82, 2.24) is 0 Å². The third-order valence-corrected chi connectivity index (χ3v) is 63.1. The van der Waals surface area contributed by atoms with Crippen LogP contribution in [-0.4, -0.2) is 84.8 Å². The van der Waals surface area contributed by atoms with Crippen molar-refractivity contribution in [2.24, 2.45) is 0 Å². The summed E-state index contributed by atoms with van der Waals surface area (Å²) in [5, 5.41) is 0. The molecule has 0 saturated carbocycles. The summed E-state index contributed by atoms with van der Waals surface area (Å²) in [5.74, 6) is 7.17. The molecular formula is C128H192Ge2O10. The molecule has 0 amide bonds. The van der Waals surface area contributed by atoms with Gasteiger partial charge in [0, 0.05) is 0 Å². The summed E-state index contributed by atoms with van der Waals surface area (Å²) >= 11 is -12.6. The molecule has 0 aromatic heterocycles. The fraction of sp³-hybridized carbons (Fsp3) is 0.625. The third-order valence-electron chi connectivity index (χ3n) is 31.8. The van der Waals surface area contributed by atoms with E-state index in [1.165, 1.54) is 44.5 Å². The van der Waals surface area contributed by atoms with Gasteiger partial charge in [-0.1, -0.05) is 0 Å². The van der Waals surface area contributed by atoms with E-state index in [0.29, 0.717) is 25.7 Å². The molecule has 12 heteroatoms. The van der Waals surface area contributed by atoms with Crippen LogP contribution < -0.4 is 37.9 Å². The minimum atomic E-state index is -6.31. The second-order valence-corrected chi connectivity index (χ2v) is 76.5.